The molecule has 0 spiro atoms. The molecule has 5 aliphatic carbocycles. The highest BCUT2D eigenvalue weighted by molar-refractivity contribution is 5.84. The van der Waals surface area contributed by atoms with Gasteiger partial charge in [0.05, 0.1) is 5.41 Å². The van der Waals surface area contributed by atoms with Crippen LogP contribution in [0.25, 0.3) is 0 Å². The zero-order valence-electron chi connectivity index (χ0n) is 30.3. The van der Waals surface area contributed by atoms with Crippen LogP contribution in [-0.2, 0) is 14.3 Å². The summed E-state index contributed by atoms with van der Waals surface area (Å²) < 4.78 is 5.96. The highest BCUT2D eigenvalue weighted by Crippen LogP contribution is 2.76. The second-order valence-corrected chi connectivity index (χ2v) is 17.8. The second-order valence-electron chi connectivity index (χ2n) is 17.8. The third kappa shape index (κ3) is 4.96. The van der Waals surface area contributed by atoms with Crippen LogP contribution in [0.15, 0.2) is 11.6 Å². The lowest BCUT2D eigenvalue weighted by molar-refractivity contribution is -0.213. The average Bonchev–Trinajstić information content (AvgIpc) is 2.96. The van der Waals surface area contributed by atoms with Gasteiger partial charge in [0.1, 0.15) is 6.10 Å². The van der Waals surface area contributed by atoms with Gasteiger partial charge >= 0.3 is 5.97 Å². The molecule has 0 aliphatic heterocycles. The van der Waals surface area contributed by atoms with E-state index >= 15 is 0 Å². The van der Waals surface area contributed by atoms with E-state index in [4.69, 9.17) is 4.74 Å². The van der Waals surface area contributed by atoms with Crippen molar-refractivity contribution in [2.45, 2.75) is 159 Å². The van der Waals surface area contributed by atoms with E-state index in [1.807, 2.05) is 0 Å². The molecule has 5 rings (SSSR count). The van der Waals surface area contributed by atoms with E-state index in [1.54, 1.807) is 12.5 Å². The van der Waals surface area contributed by atoms with Crippen LogP contribution in [0, 0.1) is 56.7 Å². The Hall–Kier alpha value is -1.32. The number of carbonyl (C=O) groups excluding carboxylic acids is 2. The number of fused-ring (bicyclic) bond motifs is 7. The number of hydrogen-bond donors (Lipinski definition) is 0. The summed E-state index contributed by atoms with van der Waals surface area (Å²) in [5.41, 5.74) is 1.99. The first-order valence-electron chi connectivity index (χ1n) is 18.8. The van der Waals surface area contributed by atoms with Crippen molar-refractivity contribution in [3.8, 4) is 0 Å². The molecular weight excluding hydrogens is 542 g/mol. The number of nitrogens with zero attached hydrogens (tertiary/aromatic N) is 1. The zero-order chi connectivity index (χ0) is 32.3. The van der Waals surface area contributed by atoms with Crippen LogP contribution in [0.3, 0.4) is 0 Å². The molecular formula is C40H67NO3. The summed E-state index contributed by atoms with van der Waals surface area (Å²) >= 11 is 0. The third-order valence-corrected chi connectivity index (χ3v) is 15.5. The fourth-order valence-electron chi connectivity index (χ4n) is 12.6. The Kier molecular flexibility index (Phi) is 9.31. The van der Waals surface area contributed by atoms with E-state index in [-0.39, 0.29) is 39.1 Å². The molecule has 5 aliphatic rings. The largest absolute Gasteiger partial charge is 0.462 e. The summed E-state index contributed by atoms with van der Waals surface area (Å²) in [5, 5.41) is 0. The molecule has 1 unspecified atom stereocenters. The van der Waals surface area contributed by atoms with Crippen LogP contribution in [0.5, 0.6) is 0 Å². The van der Waals surface area contributed by atoms with Gasteiger partial charge in [-0.3, -0.25) is 9.59 Å². The van der Waals surface area contributed by atoms with Gasteiger partial charge in [-0.25, -0.2) is 0 Å². The monoisotopic (exact) mass is 610 g/mol. The Balaban J connectivity index is 1.54. The van der Waals surface area contributed by atoms with Crippen LogP contribution >= 0.6 is 0 Å². The van der Waals surface area contributed by atoms with Crippen molar-refractivity contribution in [3.05, 3.63) is 11.6 Å². The summed E-state index contributed by atoms with van der Waals surface area (Å²) in [6.45, 7) is 25.6. The lowest BCUT2D eigenvalue weighted by Gasteiger charge is -2.71. The van der Waals surface area contributed by atoms with E-state index in [2.05, 4.69) is 73.3 Å². The highest BCUT2D eigenvalue weighted by atomic mass is 16.5. The van der Waals surface area contributed by atoms with E-state index in [9.17, 15) is 9.59 Å². The number of rotatable bonds is 8. The fraction of sp³-hybridized carbons (Fsp3) is 0.900. The number of ether oxygens (including phenoxy) is 1. The van der Waals surface area contributed by atoms with Gasteiger partial charge in [0, 0.05) is 25.4 Å². The molecule has 4 nitrogen and oxygen atoms in total. The number of carbonyl (C=O) groups is 2. The van der Waals surface area contributed by atoms with Crippen molar-refractivity contribution in [1.29, 1.82) is 0 Å². The molecule has 0 aromatic heterocycles. The standard InChI is InChI=1S/C40H67NO3/c1-11-13-25-41(26-14-12-2)35(43)40-22-17-27(3)28(4)34(40)30-15-16-32-37(8)20-19-33(44-29(5)42)36(6,7)31(37)18-21-39(32,10)38(30,9)23-24-40/h15,27-28,31-34H,11-14,16-26H2,1-10H3/t27-,28+,31+,32-,33+,34?,37+,38-,39-,40+/m1/s1. The number of unbranched alkanes of at least 4 members (excludes halogenated alkanes) is 2. The number of hydrogen-bond acceptors (Lipinski definition) is 3. The Bertz CT molecular complexity index is 1120. The first kappa shape index (κ1) is 34.0. The Morgan fingerprint density at radius 2 is 1.52 bits per heavy atom. The maximum absolute atomic E-state index is 14.9. The molecule has 0 bridgehead atoms. The molecule has 0 aromatic carbocycles. The zero-order valence-corrected chi connectivity index (χ0v) is 30.3. The van der Waals surface area contributed by atoms with Crippen LogP contribution < -0.4 is 0 Å². The van der Waals surface area contributed by atoms with E-state index in [1.165, 1.54) is 19.3 Å². The SMILES string of the molecule is CCCCN(CCCC)C(=O)[C@]12CC[C@@H](C)[C@H](C)C1C1=CC[C@@H]3[C@@]4(C)CC[C@H](OC(C)=O)C(C)(C)[C@@H]4CC[C@@]3(C)[C@]1(C)CC2. The molecule has 0 radical (unpaired) electrons. The average molecular weight is 610 g/mol. The minimum Gasteiger partial charge on any atom is -0.462 e. The molecule has 0 N–H and O–H groups in total. The summed E-state index contributed by atoms with van der Waals surface area (Å²) in [7, 11) is 0. The predicted molar refractivity (Wildman–Crippen MR) is 181 cm³/mol. The molecule has 250 valence electrons. The Morgan fingerprint density at radius 3 is 2.14 bits per heavy atom. The quantitative estimate of drug-likeness (QED) is 0.203. The van der Waals surface area contributed by atoms with E-state index in [0.29, 0.717) is 35.5 Å². The van der Waals surface area contributed by atoms with Crippen LogP contribution in [0.4, 0.5) is 0 Å². The maximum atomic E-state index is 14.9. The Labute approximate surface area is 270 Å². The van der Waals surface area contributed by atoms with Gasteiger partial charge in [0.15, 0.2) is 0 Å². The molecule has 44 heavy (non-hydrogen) atoms. The van der Waals surface area contributed by atoms with Gasteiger partial charge in [-0.2, -0.15) is 0 Å². The minimum absolute atomic E-state index is 0.0157. The maximum Gasteiger partial charge on any atom is 0.302 e. The van der Waals surface area contributed by atoms with Crippen molar-refractivity contribution in [3.63, 3.8) is 0 Å². The van der Waals surface area contributed by atoms with Crippen molar-refractivity contribution in [2.24, 2.45) is 56.7 Å². The van der Waals surface area contributed by atoms with Gasteiger partial charge in [-0.15, -0.1) is 0 Å². The molecule has 10 atom stereocenters. The smallest absolute Gasteiger partial charge is 0.302 e. The van der Waals surface area contributed by atoms with Crippen molar-refractivity contribution < 1.29 is 14.3 Å². The van der Waals surface area contributed by atoms with Gasteiger partial charge in [0.2, 0.25) is 5.91 Å². The van der Waals surface area contributed by atoms with Crippen LogP contribution in [-0.4, -0.2) is 36.0 Å². The van der Waals surface area contributed by atoms with Gasteiger partial charge in [0.25, 0.3) is 0 Å². The summed E-state index contributed by atoms with van der Waals surface area (Å²) in [5.74, 6) is 3.08. The normalized spacial score (nSPS) is 44.3. The van der Waals surface area contributed by atoms with Gasteiger partial charge in [-0.05, 0) is 116 Å². The van der Waals surface area contributed by atoms with Gasteiger partial charge in [-0.1, -0.05) is 86.8 Å². The van der Waals surface area contributed by atoms with Crippen molar-refractivity contribution in [2.75, 3.05) is 13.1 Å². The van der Waals surface area contributed by atoms with E-state index in [0.717, 1.165) is 77.3 Å². The lowest BCUT2D eigenvalue weighted by Crippen LogP contribution is -2.66. The summed E-state index contributed by atoms with van der Waals surface area (Å²) in [6.07, 6.45) is 17.4. The molecule has 0 heterocycles. The molecule has 4 heteroatoms. The number of esters is 1. The highest BCUT2D eigenvalue weighted by Gasteiger charge is 2.69. The molecule has 4 fully saturated rings. The molecule has 1 amide bonds. The van der Waals surface area contributed by atoms with Crippen molar-refractivity contribution >= 4 is 11.9 Å². The van der Waals surface area contributed by atoms with Crippen LogP contribution in [0.2, 0.25) is 0 Å². The molecule has 0 saturated heterocycles. The van der Waals surface area contributed by atoms with Gasteiger partial charge < -0.3 is 9.64 Å². The first-order chi connectivity index (χ1) is 20.6. The van der Waals surface area contributed by atoms with E-state index < -0.39 is 0 Å². The predicted octanol–water partition coefficient (Wildman–Crippen LogP) is 10.0. The number of amides is 1. The summed E-state index contributed by atoms with van der Waals surface area (Å²) in [6, 6.07) is 0. The third-order valence-electron chi connectivity index (χ3n) is 15.5. The molecule has 0 aromatic rings. The van der Waals surface area contributed by atoms with Crippen LogP contribution in [0.1, 0.15) is 153 Å². The number of allylic oxidation sites excluding steroid dienone is 2. The topological polar surface area (TPSA) is 46.6 Å². The minimum atomic E-state index is -0.229. The fourth-order valence-corrected chi connectivity index (χ4v) is 12.6. The Morgan fingerprint density at radius 1 is 0.864 bits per heavy atom. The lowest BCUT2D eigenvalue weighted by atomic mass is 9.33. The first-order valence-corrected chi connectivity index (χ1v) is 18.8. The molecule has 4 saturated carbocycles. The summed E-state index contributed by atoms with van der Waals surface area (Å²) in [4.78, 5) is 29.3. The second kappa shape index (κ2) is 12.0. The van der Waals surface area contributed by atoms with Crippen molar-refractivity contribution in [1.82, 2.24) is 4.90 Å².